The Labute approximate surface area is 123 Å². The number of carbonyl (C=O) groups excluding carboxylic acids is 1. The number of rotatable bonds is 4. The van der Waals surface area contributed by atoms with Gasteiger partial charge in [-0.1, -0.05) is 29.3 Å². The van der Waals surface area contributed by atoms with Crippen molar-refractivity contribution in [2.24, 2.45) is 11.7 Å². The van der Waals surface area contributed by atoms with Crippen molar-refractivity contribution in [1.29, 1.82) is 0 Å². The maximum absolute atomic E-state index is 12.3. The Hall–Kier alpha value is -0.770. The van der Waals surface area contributed by atoms with Crippen LogP contribution >= 0.6 is 23.2 Å². The summed E-state index contributed by atoms with van der Waals surface area (Å²) in [7, 11) is 1.81. The van der Waals surface area contributed by atoms with Gasteiger partial charge in [-0.3, -0.25) is 4.79 Å². The minimum Gasteiger partial charge on any atom is -0.342 e. The lowest BCUT2D eigenvalue weighted by Gasteiger charge is -2.23. The zero-order chi connectivity index (χ0) is 14.2. The van der Waals surface area contributed by atoms with Crippen LogP contribution in [0.15, 0.2) is 18.2 Å². The molecule has 3 nitrogen and oxygen atoms in total. The predicted octanol–water partition coefficient (Wildman–Crippen LogP) is 2.90. The highest BCUT2D eigenvalue weighted by Crippen LogP contribution is 2.49. The van der Waals surface area contributed by atoms with Crippen molar-refractivity contribution >= 4 is 29.1 Å². The van der Waals surface area contributed by atoms with Gasteiger partial charge in [0.25, 0.3) is 0 Å². The van der Waals surface area contributed by atoms with Gasteiger partial charge in [0.2, 0.25) is 5.91 Å². The molecule has 3 unspecified atom stereocenters. The largest absolute Gasteiger partial charge is 0.342 e. The zero-order valence-corrected chi connectivity index (χ0v) is 12.6. The van der Waals surface area contributed by atoms with Crippen LogP contribution in [0.25, 0.3) is 0 Å². The Bertz CT molecular complexity index is 492. The molecule has 19 heavy (non-hydrogen) atoms. The molecule has 5 heteroatoms. The Morgan fingerprint density at radius 3 is 2.74 bits per heavy atom. The van der Waals surface area contributed by atoms with E-state index in [4.69, 9.17) is 28.9 Å². The summed E-state index contributed by atoms with van der Waals surface area (Å²) in [6, 6.07) is 5.65. The van der Waals surface area contributed by atoms with E-state index in [-0.39, 0.29) is 23.8 Å². The second kappa shape index (κ2) is 5.70. The smallest absolute Gasteiger partial charge is 0.226 e. The molecule has 2 N–H and O–H groups in total. The second-order valence-electron chi connectivity index (χ2n) is 5.16. The quantitative estimate of drug-likeness (QED) is 0.929. The summed E-state index contributed by atoms with van der Waals surface area (Å²) in [4.78, 5) is 14.0. The molecule has 0 saturated heterocycles. The van der Waals surface area contributed by atoms with Gasteiger partial charge in [-0.15, -0.1) is 0 Å². The van der Waals surface area contributed by atoms with E-state index >= 15 is 0 Å². The van der Waals surface area contributed by atoms with Crippen LogP contribution in [0.5, 0.6) is 0 Å². The number of halogens is 2. The molecule has 1 saturated carbocycles. The third-order valence-corrected chi connectivity index (χ3v) is 4.57. The Kier molecular flexibility index (Phi) is 4.39. The average Bonchev–Trinajstić information content (AvgIpc) is 3.19. The minimum absolute atomic E-state index is 0.0521. The van der Waals surface area contributed by atoms with Gasteiger partial charge in [0.1, 0.15) is 0 Å². The van der Waals surface area contributed by atoms with Crippen LogP contribution in [0.1, 0.15) is 24.8 Å². The number of hydrogen-bond donors (Lipinski definition) is 1. The average molecular weight is 301 g/mol. The van der Waals surface area contributed by atoms with Crippen LogP contribution in [-0.4, -0.2) is 30.4 Å². The second-order valence-corrected chi connectivity index (χ2v) is 5.97. The van der Waals surface area contributed by atoms with E-state index in [0.29, 0.717) is 16.6 Å². The number of nitrogens with zero attached hydrogens (tertiary/aromatic N) is 1. The van der Waals surface area contributed by atoms with Crippen molar-refractivity contribution in [2.75, 3.05) is 13.6 Å². The van der Waals surface area contributed by atoms with Crippen molar-refractivity contribution in [3.63, 3.8) is 0 Å². The van der Waals surface area contributed by atoms with E-state index in [9.17, 15) is 4.79 Å². The number of amides is 1. The van der Waals surface area contributed by atoms with E-state index in [1.54, 1.807) is 11.0 Å². The predicted molar refractivity (Wildman–Crippen MR) is 78.6 cm³/mol. The first kappa shape index (κ1) is 14.6. The molecule has 1 aromatic rings. The molecule has 0 radical (unpaired) electrons. The van der Waals surface area contributed by atoms with Crippen molar-refractivity contribution < 1.29 is 4.79 Å². The van der Waals surface area contributed by atoms with E-state index in [0.717, 1.165) is 12.0 Å². The lowest BCUT2D eigenvalue weighted by molar-refractivity contribution is -0.133. The molecule has 1 aliphatic carbocycles. The molecule has 104 valence electrons. The molecule has 1 aromatic carbocycles. The minimum atomic E-state index is 0.0521. The van der Waals surface area contributed by atoms with Gasteiger partial charge in [0, 0.05) is 25.6 Å². The first-order valence-corrected chi connectivity index (χ1v) is 7.13. The monoisotopic (exact) mass is 300 g/mol. The van der Waals surface area contributed by atoms with Gasteiger partial charge in [-0.25, -0.2) is 0 Å². The maximum Gasteiger partial charge on any atom is 0.226 e. The summed E-state index contributed by atoms with van der Waals surface area (Å²) >= 11 is 11.9. The molecule has 2 rings (SSSR count). The van der Waals surface area contributed by atoms with Crippen LogP contribution in [0, 0.1) is 5.92 Å². The Morgan fingerprint density at radius 2 is 2.16 bits per heavy atom. The van der Waals surface area contributed by atoms with Crippen LogP contribution < -0.4 is 5.73 Å². The molecule has 0 aliphatic heterocycles. The number of carbonyl (C=O) groups is 1. The van der Waals surface area contributed by atoms with Gasteiger partial charge in [0.05, 0.1) is 10.0 Å². The van der Waals surface area contributed by atoms with Crippen molar-refractivity contribution in [3.8, 4) is 0 Å². The zero-order valence-electron chi connectivity index (χ0n) is 11.1. The van der Waals surface area contributed by atoms with Gasteiger partial charge in [-0.2, -0.15) is 0 Å². The summed E-state index contributed by atoms with van der Waals surface area (Å²) < 4.78 is 0. The standard InChI is InChI=1S/C14H18Cl2N2O/c1-8(7-17)18(2)14(19)11-6-10(11)9-3-4-12(15)13(16)5-9/h3-5,8,10-11H,6-7,17H2,1-2H3. The SMILES string of the molecule is CC(CN)N(C)C(=O)C1CC1c1ccc(Cl)c(Cl)c1. The fourth-order valence-corrected chi connectivity index (χ4v) is 2.52. The lowest BCUT2D eigenvalue weighted by Crippen LogP contribution is -2.40. The molecule has 0 aromatic heterocycles. The molecule has 3 atom stereocenters. The fraction of sp³-hybridized carbons (Fsp3) is 0.500. The topological polar surface area (TPSA) is 46.3 Å². The molecular weight excluding hydrogens is 283 g/mol. The van der Waals surface area contributed by atoms with E-state index in [1.165, 1.54) is 0 Å². The third-order valence-electron chi connectivity index (χ3n) is 3.83. The van der Waals surface area contributed by atoms with Crippen LogP contribution in [0.4, 0.5) is 0 Å². The normalized spacial score (nSPS) is 23.0. The molecule has 1 amide bonds. The number of benzene rings is 1. The van der Waals surface area contributed by atoms with Gasteiger partial charge < -0.3 is 10.6 Å². The lowest BCUT2D eigenvalue weighted by atomic mass is 10.1. The Morgan fingerprint density at radius 1 is 1.47 bits per heavy atom. The molecular formula is C14H18Cl2N2O. The highest BCUT2D eigenvalue weighted by atomic mass is 35.5. The van der Waals surface area contributed by atoms with Crippen LogP contribution in [-0.2, 0) is 4.79 Å². The highest BCUT2D eigenvalue weighted by molar-refractivity contribution is 6.42. The first-order chi connectivity index (χ1) is 8.95. The fourth-order valence-electron chi connectivity index (χ4n) is 2.22. The van der Waals surface area contributed by atoms with Crippen LogP contribution in [0.3, 0.4) is 0 Å². The third kappa shape index (κ3) is 3.04. The highest BCUT2D eigenvalue weighted by Gasteiger charge is 2.45. The number of nitrogens with two attached hydrogens (primary N) is 1. The van der Waals surface area contributed by atoms with E-state index < -0.39 is 0 Å². The van der Waals surface area contributed by atoms with E-state index in [1.807, 2.05) is 26.1 Å². The Balaban J connectivity index is 2.04. The number of likely N-dealkylation sites (N-methyl/N-ethyl adjacent to an activating group) is 1. The summed E-state index contributed by atoms with van der Waals surface area (Å²) in [5.74, 6) is 0.472. The molecule has 0 heterocycles. The molecule has 1 aliphatic rings. The molecule has 1 fully saturated rings. The van der Waals surface area contributed by atoms with Crippen molar-refractivity contribution in [2.45, 2.75) is 25.3 Å². The molecule has 0 spiro atoms. The first-order valence-electron chi connectivity index (χ1n) is 6.37. The van der Waals surface area contributed by atoms with Gasteiger partial charge in [0.15, 0.2) is 0 Å². The maximum atomic E-state index is 12.3. The summed E-state index contributed by atoms with van der Waals surface area (Å²) in [5.41, 5.74) is 6.67. The van der Waals surface area contributed by atoms with Crippen molar-refractivity contribution in [1.82, 2.24) is 4.90 Å². The van der Waals surface area contributed by atoms with Gasteiger partial charge in [-0.05, 0) is 37.0 Å². The van der Waals surface area contributed by atoms with Crippen molar-refractivity contribution in [3.05, 3.63) is 33.8 Å². The van der Waals surface area contributed by atoms with Gasteiger partial charge >= 0.3 is 0 Å². The van der Waals surface area contributed by atoms with E-state index in [2.05, 4.69) is 0 Å². The summed E-state index contributed by atoms with van der Waals surface area (Å²) in [5, 5.41) is 1.09. The summed E-state index contributed by atoms with van der Waals surface area (Å²) in [6.45, 7) is 2.43. The summed E-state index contributed by atoms with van der Waals surface area (Å²) in [6.07, 6.45) is 0.873. The molecule has 0 bridgehead atoms. The number of hydrogen-bond acceptors (Lipinski definition) is 2. The van der Waals surface area contributed by atoms with Crippen LogP contribution in [0.2, 0.25) is 10.0 Å².